The van der Waals surface area contributed by atoms with Gasteiger partial charge >= 0.3 is 0 Å². The van der Waals surface area contributed by atoms with Gasteiger partial charge in [-0.05, 0) is 79.8 Å². The molecule has 6 heteroatoms. The molecule has 0 saturated carbocycles. The van der Waals surface area contributed by atoms with E-state index in [2.05, 4.69) is 182 Å². The van der Waals surface area contributed by atoms with E-state index < -0.39 is 0 Å². The van der Waals surface area contributed by atoms with Crippen LogP contribution in [0.3, 0.4) is 0 Å². The topological polar surface area (TPSA) is 33.5 Å². The van der Waals surface area contributed by atoms with Crippen LogP contribution in [0.2, 0.25) is 0 Å². The summed E-state index contributed by atoms with van der Waals surface area (Å²) in [6, 6.07) is 52.3. The zero-order valence-electron chi connectivity index (χ0n) is 42.9. The van der Waals surface area contributed by atoms with Crippen LogP contribution in [0.25, 0.3) is 49.9 Å². The van der Waals surface area contributed by atoms with Gasteiger partial charge in [0, 0.05) is 72.5 Å². The number of nitrogens with zero attached hydrogens (tertiary/aromatic N) is 4. The monoisotopic (exact) mass is 1050 g/mol. The number of benzene rings is 7. The van der Waals surface area contributed by atoms with Gasteiger partial charge in [0.05, 0.1) is 5.48 Å². The van der Waals surface area contributed by atoms with Crippen molar-refractivity contribution in [3.05, 3.63) is 199 Å². The Morgan fingerprint density at radius 2 is 1.18 bits per heavy atom. The SMILES string of the molecule is [2H]c1c([2H])c([2H])c2c(c1[2H])c1ccc(Oc3[c-]c(N4[CH-]N(c5c(-c6ccccc6)cccc5-c5cc(C(C)(C)C)cc(C(C)(C)C)c5)c5ccccc54)ccc3)[c-]c1n2-c1cc(C(C)(C)C)ccn1.[Pt]. The average molecular weight is 1050 g/mol. The third-order valence-electron chi connectivity index (χ3n) is 12.3. The molecule has 7 aromatic carbocycles. The molecular formula is C60H55N4OPt-3. The molecule has 1 aliphatic rings. The summed E-state index contributed by atoms with van der Waals surface area (Å²) in [6.07, 6.45) is 1.74. The zero-order chi connectivity index (χ0) is 48.7. The Morgan fingerprint density at radius 1 is 0.561 bits per heavy atom. The Balaban J connectivity index is 0.00000608. The Morgan fingerprint density at radius 3 is 1.88 bits per heavy atom. The summed E-state index contributed by atoms with van der Waals surface area (Å²) in [7, 11) is 0. The molecule has 9 aromatic rings. The fourth-order valence-corrected chi connectivity index (χ4v) is 8.69. The molecule has 0 aliphatic carbocycles. The van der Waals surface area contributed by atoms with Crippen LogP contribution in [0, 0.1) is 18.8 Å². The van der Waals surface area contributed by atoms with Crippen molar-refractivity contribution >= 4 is 44.6 Å². The quantitative estimate of drug-likeness (QED) is 0.149. The second-order valence-electron chi connectivity index (χ2n) is 20.0. The summed E-state index contributed by atoms with van der Waals surface area (Å²) < 4.78 is 43.6. The van der Waals surface area contributed by atoms with Gasteiger partial charge in [-0.2, -0.15) is 12.1 Å². The van der Waals surface area contributed by atoms with Crippen LogP contribution in [-0.4, -0.2) is 9.55 Å². The van der Waals surface area contributed by atoms with Gasteiger partial charge in [-0.1, -0.05) is 165 Å². The molecule has 0 N–H and O–H groups in total. The molecule has 0 atom stereocenters. The zero-order valence-corrected chi connectivity index (χ0v) is 41.1. The smallest absolute Gasteiger partial charge is 0.135 e. The van der Waals surface area contributed by atoms with Crippen molar-refractivity contribution in [2.75, 3.05) is 9.80 Å². The van der Waals surface area contributed by atoms with Gasteiger partial charge in [0.2, 0.25) is 0 Å². The number of ether oxygens (including phenoxy) is 1. The number of hydrogen-bond acceptors (Lipinski definition) is 4. The second-order valence-corrected chi connectivity index (χ2v) is 20.0. The fourth-order valence-electron chi connectivity index (χ4n) is 8.69. The van der Waals surface area contributed by atoms with Crippen molar-refractivity contribution in [1.82, 2.24) is 9.55 Å². The predicted molar refractivity (Wildman–Crippen MR) is 271 cm³/mol. The fraction of sp³-hybridized carbons (Fsp3) is 0.200. The number of pyridine rings is 1. The molecule has 1 aliphatic heterocycles. The third-order valence-corrected chi connectivity index (χ3v) is 12.3. The van der Waals surface area contributed by atoms with Gasteiger partial charge in [0.15, 0.2) is 0 Å². The van der Waals surface area contributed by atoms with E-state index in [4.69, 9.17) is 15.2 Å². The molecular weight excluding hydrogens is 988 g/mol. The van der Waals surface area contributed by atoms with Gasteiger partial charge in [-0.3, -0.25) is 0 Å². The van der Waals surface area contributed by atoms with Crippen LogP contribution in [0.4, 0.5) is 22.7 Å². The molecule has 0 fully saturated rings. The van der Waals surface area contributed by atoms with E-state index in [9.17, 15) is 0 Å². The molecule has 10 rings (SSSR count). The first-order valence-corrected chi connectivity index (χ1v) is 22.3. The van der Waals surface area contributed by atoms with E-state index in [1.165, 1.54) is 11.1 Å². The summed E-state index contributed by atoms with van der Waals surface area (Å²) in [4.78, 5) is 9.20. The van der Waals surface area contributed by atoms with Crippen LogP contribution in [0.15, 0.2) is 164 Å². The number of hydrogen-bond donors (Lipinski definition) is 0. The standard InChI is InChI=1S/C60H55N4O.Pt/c1-58(2,3)42-31-32-61-56(36-42)64-52-26-14-13-23-50(52)51-30-29-47(38-55(51)64)65-46-22-17-21-45(37-46)62-39-63(54-28-16-15-27-53(54)62)57-48(40-19-11-10-12-20-40)24-18-25-49(57)41-33-43(59(4,5)6)35-44(34-41)60(7,8)9;/h10-36,39H,1-9H3;/q-3;/i13D,14D,23D,26D;. The van der Waals surface area contributed by atoms with Crippen LogP contribution in [-0.2, 0) is 37.3 Å². The molecule has 0 radical (unpaired) electrons. The Kier molecular flexibility index (Phi) is 10.3. The summed E-state index contributed by atoms with van der Waals surface area (Å²) in [6.45, 7) is 22.2. The maximum absolute atomic E-state index is 9.06. The normalized spacial score (nSPS) is 13.8. The molecule has 66 heavy (non-hydrogen) atoms. The van der Waals surface area contributed by atoms with Gasteiger partial charge in [0.1, 0.15) is 5.82 Å². The minimum absolute atomic E-state index is 0. The van der Waals surface area contributed by atoms with E-state index in [-0.39, 0.29) is 61.5 Å². The summed E-state index contributed by atoms with van der Waals surface area (Å²) in [5.41, 5.74) is 12.5. The molecule has 334 valence electrons. The van der Waals surface area contributed by atoms with Crippen molar-refractivity contribution < 1.29 is 31.3 Å². The maximum atomic E-state index is 9.06. The molecule has 2 aromatic heterocycles. The average Bonchev–Trinajstić information content (AvgIpc) is 3.88. The van der Waals surface area contributed by atoms with Gasteiger partial charge < -0.3 is 19.1 Å². The van der Waals surface area contributed by atoms with Crippen molar-refractivity contribution in [2.45, 2.75) is 78.6 Å². The van der Waals surface area contributed by atoms with Crippen LogP contribution >= 0.6 is 0 Å². The van der Waals surface area contributed by atoms with E-state index >= 15 is 0 Å². The van der Waals surface area contributed by atoms with E-state index in [0.29, 0.717) is 39.1 Å². The van der Waals surface area contributed by atoms with Crippen LogP contribution < -0.4 is 14.5 Å². The van der Waals surface area contributed by atoms with Crippen molar-refractivity contribution in [3.63, 3.8) is 0 Å². The van der Waals surface area contributed by atoms with Gasteiger partial charge in [0.25, 0.3) is 0 Å². The Hall–Kier alpha value is -6.42. The maximum Gasteiger partial charge on any atom is 0.135 e. The summed E-state index contributed by atoms with van der Waals surface area (Å²) in [5.74, 6) is 1.38. The first-order chi connectivity index (χ1) is 32.8. The number of anilines is 4. The van der Waals surface area contributed by atoms with E-state index in [0.717, 1.165) is 50.6 Å². The molecule has 5 nitrogen and oxygen atoms in total. The summed E-state index contributed by atoms with van der Waals surface area (Å²) >= 11 is 0. The summed E-state index contributed by atoms with van der Waals surface area (Å²) in [5, 5.41) is 1.01. The van der Waals surface area contributed by atoms with Crippen LogP contribution in [0.5, 0.6) is 11.5 Å². The van der Waals surface area contributed by atoms with Crippen molar-refractivity contribution in [1.29, 1.82) is 0 Å². The number of rotatable bonds is 7. The molecule has 0 spiro atoms. The second kappa shape index (κ2) is 17.1. The van der Waals surface area contributed by atoms with E-state index in [1.54, 1.807) is 16.8 Å². The van der Waals surface area contributed by atoms with Crippen molar-refractivity contribution in [3.8, 4) is 39.6 Å². The molecule has 0 amide bonds. The third kappa shape index (κ3) is 8.35. The molecule has 0 saturated heterocycles. The van der Waals surface area contributed by atoms with Gasteiger partial charge in [-0.15, -0.1) is 48.1 Å². The van der Waals surface area contributed by atoms with Crippen LogP contribution in [0.1, 0.15) is 84.5 Å². The van der Waals surface area contributed by atoms with Crippen molar-refractivity contribution in [2.24, 2.45) is 0 Å². The molecule has 0 unspecified atom stereocenters. The Labute approximate surface area is 410 Å². The minimum Gasteiger partial charge on any atom is -0.509 e. The minimum atomic E-state index is -0.311. The largest absolute Gasteiger partial charge is 0.509 e. The number of para-hydroxylation sites is 4. The van der Waals surface area contributed by atoms with Gasteiger partial charge in [-0.25, -0.2) is 4.98 Å². The molecule has 0 bridgehead atoms. The number of fused-ring (bicyclic) bond motifs is 4. The first-order valence-electron chi connectivity index (χ1n) is 24.3. The van der Waals surface area contributed by atoms with E-state index in [1.807, 2.05) is 36.4 Å². The molecule has 3 heterocycles. The predicted octanol–water partition coefficient (Wildman–Crippen LogP) is 16.2. The first kappa shape index (κ1) is 39.9. The number of aromatic nitrogens is 2. The Bertz CT molecular complexity index is 3440.